The van der Waals surface area contributed by atoms with E-state index in [1.807, 2.05) is 24.3 Å². The minimum Gasteiger partial charge on any atom is -0.496 e. The first-order valence-electron chi connectivity index (χ1n) is 5.72. The van der Waals surface area contributed by atoms with Gasteiger partial charge in [-0.05, 0) is 25.0 Å². The molecule has 0 saturated heterocycles. The number of esters is 1. The van der Waals surface area contributed by atoms with Gasteiger partial charge >= 0.3 is 5.97 Å². The van der Waals surface area contributed by atoms with E-state index in [0.29, 0.717) is 12.8 Å². The molecule has 0 atom stereocenters. The molecule has 1 aromatic carbocycles. The molecule has 0 fully saturated rings. The third-order valence-corrected chi connectivity index (χ3v) is 2.46. The Morgan fingerprint density at radius 3 is 2.72 bits per heavy atom. The van der Waals surface area contributed by atoms with Crippen LogP contribution in [0.5, 0.6) is 5.75 Å². The molecule has 98 valence electrons. The summed E-state index contributed by atoms with van der Waals surface area (Å²) in [6.07, 6.45) is 0.845. The maximum atomic E-state index is 11.4. The molecule has 0 aromatic heterocycles. The van der Waals surface area contributed by atoms with E-state index in [2.05, 4.69) is 5.16 Å². The van der Waals surface area contributed by atoms with E-state index in [1.165, 1.54) is 0 Å². The van der Waals surface area contributed by atoms with E-state index in [4.69, 9.17) is 14.7 Å². The standard InChI is InChI=1S/C13H17NO4/c1-3-18-13(15)11(14-16)9-8-10-6-4-5-7-12(10)17-2/h4-7,16H,3,8-9H2,1-2H3. The van der Waals surface area contributed by atoms with Crippen molar-refractivity contribution in [3.63, 3.8) is 0 Å². The van der Waals surface area contributed by atoms with Gasteiger partial charge in [0, 0.05) is 6.42 Å². The summed E-state index contributed by atoms with van der Waals surface area (Å²) in [5.41, 5.74) is 0.966. The van der Waals surface area contributed by atoms with Crippen molar-refractivity contribution >= 4 is 11.7 Å². The number of carbonyl (C=O) groups is 1. The van der Waals surface area contributed by atoms with E-state index in [0.717, 1.165) is 11.3 Å². The summed E-state index contributed by atoms with van der Waals surface area (Å²) in [5.74, 6) is 0.161. The highest BCUT2D eigenvalue weighted by atomic mass is 16.5. The quantitative estimate of drug-likeness (QED) is 0.363. The van der Waals surface area contributed by atoms with Gasteiger partial charge in [0.2, 0.25) is 0 Å². The number of ether oxygens (including phenoxy) is 2. The first-order chi connectivity index (χ1) is 8.72. The highest BCUT2D eigenvalue weighted by Gasteiger charge is 2.14. The lowest BCUT2D eigenvalue weighted by atomic mass is 10.1. The van der Waals surface area contributed by atoms with Crippen molar-refractivity contribution in [1.82, 2.24) is 0 Å². The molecular weight excluding hydrogens is 234 g/mol. The molecule has 0 spiro atoms. The van der Waals surface area contributed by atoms with Crippen LogP contribution in [0.1, 0.15) is 18.9 Å². The van der Waals surface area contributed by atoms with Crippen LogP contribution in [0.15, 0.2) is 29.4 Å². The number of aryl methyl sites for hydroxylation is 1. The van der Waals surface area contributed by atoms with Crippen LogP contribution in [0.25, 0.3) is 0 Å². The van der Waals surface area contributed by atoms with Gasteiger partial charge in [0.25, 0.3) is 0 Å². The van der Waals surface area contributed by atoms with E-state index in [1.54, 1.807) is 14.0 Å². The molecule has 18 heavy (non-hydrogen) atoms. The van der Waals surface area contributed by atoms with Gasteiger partial charge in [-0.25, -0.2) is 4.79 Å². The fraction of sp³-hybridized carbons (Fsp3) is 0.385. The Kier molecular flexibility index (Phi) is 5.70. The maximum Gasteiger partial charge on any atom is 0.356 e. The van der Waals surface area contributed by atoms with Crippen molar-refractivity contribution in [2.45, 2.75) is 19.8 Å². The molecule has 0 aliphatic rings. The summed E-state index contributed by atoms with van der Waals surface area (Å²) in [5, 5.41) is 11.8. The number of hydrogen-bond acceptors (Lipinski definition) is 5. The zero-order valence-corrected chi connectivity index (χ0v) is 10.5. The molecule has 0 bridgehead atoms. The second-order valence-electron chi connectivity index (χ2n) is 3.58. The fourth-order valence-electron chi connectivity index (χ4n) is 1.57. The third kappa shape index (κ3) is 3.76. The number of rotatable bonds is 6. The molecule has 0 saturated carbocycles. The molecule has 1 rings (SSSR count). The second kappa shape index (κ2) is 7.32. The fourth-order valence-corrected chi connectivity index (χ4v) is 1.57. The Hall–Kier alpha value is -2.04. The average Bonchev–Trinajstić information content (AvgIpc) is 2.40. The van der Waals surface area contributed by atoms with Crippen molar-refractivity contribution in [3.8, 4) is 5.75 Å². The lowest BCUT2D eigenvalue weighted by Gasteiger charge is -2.08. The van der Waals surface area contributed by atoms with Gasteiger partial charge < -0.3 is 14.7 Å². The largest absolute Gasteiger partial charge is 0.496 e. The second-order valence-corrected chi connectivity index (χ2v) is 3.58. The molecule has 5 nitrogen and oxygen atoms in total. The summed E-state index contributed by atoms with van der Waals surface area (Å²) < 4.78 is 9.98. The first-order valence-corrected chi connectivity index (χ1v) is 5.72. The van der Waals surface area contributed by atoms with Crippen LogP contribution in [0.4, 0.5) is 0 Å². The summed E-state index contributed by atoms with van der Waals surface area (Å²) in [7, 11) is 1.59. The number of para-hydroxylation sites is 1. The molecule has 0 unspecified atom stereocenters. The van der Waals surface area contributed by atoms with E-state index in [9.17, 15) is 4.79 Å². The van der Waals surface area contributed by atoms with Gasteiger partial charge in [-0.1, -0.05) is 23.4 Å². The molecule has 0 amide bonds. The zero-order chi connectivity index (χ0) is 13.4. The minimum absolute atomic E-state index is 0.0164. The number of benzene rings is 1. The summed E-state index contributed by atoms with van der Waals surface area (Å²) in [4.78, 5) is 11.4. The van der Waals surface area contributed by atoms with Crippen LogP contribution < -0.4 is 4.74 Å². The molecule has 5 heteroatoms. The van der Waals surface area contributed by atoms with Gasteiger partial charge in [-0.15, -0.1) is 0 Å². The van der Waals surface area contributed by atoms with Crippen LogP contribution in [0.3, 0.4) is 0 Å². The molecule has 1 aromatic rings. The minimum atomic E-state index is -0.588. The van der Waals surface area contributed by atoms with Gasteiger partial charge in [-0.3, -0.25) is 0 Å². The normalized spacial score (nSPS) is 11.1. The number of nitrogens with zero attached hydrogens (tertiary/aromatic N) is 1. The van der Waals surface area contributed by atoms with Gasteiger partial charge in [0.15, 0.2) is 5.71 Å². The number of oxime groups is 1. The SMILES string of the molecule is CCOC(=O)C(CCc1ccccc1OC)=NO. The van der Waals surface area contributed by atoms with Crippen molar-refractivity contribution in [2.24, 2.45) is 5.16 Å². The maximum absolute atomic E-state index is 11.4. The van der Waals surface area contributed by atoms with Crippen LogP contribution in [0.2, 0.25) is 0 Å². The summed E-state index contributed by atoms with van der Waals surface area (Å²) >= 11 is 0. The van der Waals surface area contributed by atoms with Gasteiger partial charge in [-0.2, -0.15) is 0 Å². The summed E-state index contributed by atoms with van der Waals surface area (Å²) in [6, 6.07) is 7.50. The molecule has 0 aliphatic heterocycles. The van der Waals surface area contributed by atoms with E-state index < -0.39 is 5.97 Å². The van der Waals surface area contributed by atoms with E-state index >= 15 is 0 Å². The Bertz CT molecular complexity index is 429. The van der Waals surface area contributed by atoms with Crippen LogP contribution >= 0.6 is 0 Å². The Labute approximate surface area is 106 Å². The van der Waals surface area contributed by atoms with Crippen LogP contribution in [0, 0.1) is 0 Å². The Morgan fingerprint density at radius 1 is 1.39 bits per heavy atom. The molecule has 0 heterocycles. The Balaban J connectivity index is 2.66. The smallest absolute Gasteiger partial charge is 0.356 e. The van der Waals surface area contributed by atoms with Crippen molar-refractivity contribution in [3.05, 3.63) is 29.8 Å². The first kappa shape index (κ1) is 14.0. The van der Waals surface area contributed by atoms with E-state index in [-0.39, 0.29) is 12.3 Å². The lowest BCUT2D eigenvalue weighted by Crippen LogP contribution is -2.18. The highest BCUT2D eigenvalue weighted by molar-refractivity contribution is 6.36. The van der Waals surface area contributed by atoms with Gasteiger partial charge in [0.05, 0.1) is 13.7 Å². The topological polar surface area (TPSA) is 68.1 Å². The molecule has 1 N–H and O–H groups in total. The lowest BCUT2D eigenvalue weighted by molar-refractivity contribution is -0.135. The monoisotopic (exact) mass is 251 g/mol. The predicted octanol–water partition coefficient (Wildman–Crippen LogP) is 2.02. The Morgan fingerprint density at radius 2 is 2.11 bits per heavy atom. The summed E-state index contributed by atoms with van der Waals surface area (Å²) in [6.45, 7) is 1.96. The van der Waals surface area contributed by atoms with Crippen LogP contribution in [-0.4, -0.2) is 30.6 Å². The third-order valence-electron chi connectivity index (χ3n) is 2.46. The van der Waals surface area contributed by atoms with Crippen molar-refractivity contribution < 1.29 is 19.5 Å². The molecular formula is C13H17NO4. The van der Waals surface area contributed by atoms with Crippen molar-refractivity contribution in [1.29, 1.82) is 0 Å². The predicted molar refractivity (Wildman–Crippen MR) is 67.2 cm³/mol. The molecule has 0 aliphatic carbocycles. The highest BCUT2D eigenvalue weighted by Crippen LogP contribution is 2.19. The van der Waals surface area contributed by atoms with Crippen LogP contribution in [-0.2, 0) is 16.0 Å². The van der Waals surface area contributed by atoms with Crippen molar-refractivity contribution in [2.75, 3.05) is 13.7 Å². The number of methoxy groups -OCH3 is 1. The average molecular weight is 251 g/mol. The van der Waals surface area contributed by atoms with Gasteiger partial charge in [0.1, 0.15) is 5.75 Å². The molecule has 0 radical (unpaired) electrons. The number of carbonyl (C=O) groups excluding carboxylic acids is 1. The number of hydrogen-bond donors (Lipinski definition) is 1. The zero-order valence-electron chi connectivity index (χ0n) is 10.5.